The van der Waals surface area contributed by atoms with Crippen LogP contribution in [0.3, 0.4) is 0 Å². The topological polar surface area (TPSA) is 61.6 Å². The second-order valence-electron chi connectivity index (χ2n) is 4.20. The van der Waals surface area contributed by atoms with Gasteiger partial charge in [0.15, 0.2) is 11.5 Å². The number of hydrogen-bond donors (Lipinski definition) is 0. The largest absolute Gasteiger partial charge is 0.496 e. The van der Waals surface area contributed by atoms with Gasteiger partial charge in [-0.3, -0.25) is 0 Å². The lowest BCUT2D eigenvalue weighted by Gasteiger charge is -2.12. The summed E-state index contributed by atoms with van der Waals surface area (Å²) >= 11 is 0. The second kappa shape index (κ2) is 7.31. The zero-order valence-corrected chi connectivity index (χ0v) is 12.9. The van der Waals surface area contributed by atoms with E-state index in [0.29, 0.717) is 34.4 Å². The number of ether oxygens (including phenoxy) is 4. The molecule has 0 N–H and O–H groups in total. The summed E-state index contributed by atoms with van der Waals surface area (Å²) in [6, 6.07) is 11.6. The predicted molar refractivity (Wildman–Crippen MR) is 82.1 cm³/mol. The van der Waals surface area contributed by atoms with Crippen LogP contribution in [0, 0.1) is 6.07 Å². The Kier molecular flexibility index (Phi) is 5.19. The summed E-state index contributed by atoms with van der Waals surface area (Å²) in [6.45, 7) is 0. The van der Waals surface area contributed by atoms with Gasteiger partial charge >= 0.3 is 0 Å². The zero-order valence-electron chi connectivity index (χ0n) is 12.9. The van der Waals surface area contributed by atoms with Crippen molar-refractivity contribution in [3.8, 4) is 23.0 Å². The highest BCUT2D eigenvalue weighted by Crippen LogP contribution is 2.41. The average molecular weight is 301 g/mol. The standard InChI is InChI=1S/C16H17N2O4/c1-19-13-7-5-11(6-8-13)17-18-12-9-14(20-2)16(22-4)15(10-12)21-3/h5-7,9-10H,1-4H3. The molecule has 1 radical (unpaired) electrons. The molecule has 0 aliphatic heterocycles. The van der Waals surface area contributed by atoms with E-state index in [2.05, 4.69) is 16.3 Å². The summed E-state index contributed by atoms with van der Waals surface area (Å²) in [6.07, 6.45) is 0. The maximum Gasteiger partial charge on any atom is 0.203 e. The molecular formula is C16H17N2O4. The molecule has 0 amide bonds. The summed E-state index contributed by atoms with van der Waals surface area (Å²) in [4.78, 5) is 0. The Morgan fingerprint density at radius 3 is 1.86 bits per heavy atom. The summed E-state index contributed by atoms with van der Waals surface area (Å²) in [5, 5.41) is 8.32. The number of azo groups is 1. The molecule has 0 saturated carbocycles. The van der Waals surface area contributed by atoms with Gasteiger partial charge in [-0.15, -0.1) is 0 Å². The first-order valence-corrected chi connectivity index (χ1v) is 6.49. The molecule has 2 aromatic carbocycles. The number of rotatable bonds is 6. The summed E-state index contributed by atoms with van der Waals surface area (Å²) in [7, 11) is 6.24. The molecule has 0 unspecified atom stereocenters. The van der Waals surface area contributed by atoms with Crippen molar-refractivity contribution >= 4 is 11.4 Å². The molecule has 0 fully saturated rings. The molecule has 2 aromatic rings. The number of methoxy groups -OCH3 is 4. The van der Waals surface area contributed by atoms with Gasteiger partial charge < -0.3 is 18.9 Å². The van der Waals surface area contributed by atoms with Crippen molar-refractivity contribution in [2.45, 2.75) is 0 Å². The molecule has 0 aliphatic rings. The van der Waals surface area contributed by atoms with Gasteiger partial charge in [0, 0.05) is 18.2 Å². The molecule has 6 heteroatoms. The lowest BCUT2D eigenvalue weighted by Crippen LogP contribution is -1.94. The molecule has 115 valence electrons. The average Bonchev–Trinajstić information content (AvgIpc) is 2.59. The predicted octanol–water partition coefficient (Wildman–Crippen LogP) is 3.94. The van der Waals surface area contributed by atoms with E-state index in [-0.39, 0.29) is 0 Å². The molecule has 0 aromatic heterocycles. The van der Waals surface area contributed by atoms with E-state index in [9.17, 15) is 0 Å². The molecule has 6 nitrogen and oxygen atoms in total. The third-order valence-electron chi connectivity index (χ3n) is 2.92. The van der Waals surface area contributed by atoms with Crippen molar-refractivity contribution < 1.29 is 18.9 Å². The number of hydrogen-bond acceptors (Lipinski definition) is 6. The summed E-state index contributed by atoms with van der Waals surface area (Å²) in [5.41, 5.74) is 1.25. The van der Waals surface area contributed by atoms with Gasteiger partial charge in [0.25, 0.3) is 0 Å². The minimum absolute atomic E-state index is 0.515. The maximum absolute atomic E-state index is 5.27. The molecular weight excluding hydrogens is 284 g/mol. The SMILES string of the molecule is COc1[c]cc(N=Nc2cc(OC)c(OC)c(OC)c2)cc1. The van der Waals surface area contributed by atoms with Gasteiger partial charge in [0.2, 0.25) is 5.75 Å². The Balaban J connectivity index is 2.29. The maximum atomic E-state index is 5.27. The normalized spacial score (nSPS) is 10.5. The molecule has 0 spiro atoms. The summed E-state index contributed by atoms with van der Waals surface area (Å²) < 4.78 is 20.8. The Bertz CT molecular complexity index is 629. The fraction of sp³-hybridized carbons (Fsp3) is 0.250. The van der Waals surface area contributed by atoms with E-state index in [4.69, 9.17) is 18.9 Å². The minimum Gasteiger partial charge on any atom is -0.496 e. The van der Waals surface area contributed by atoms with E-state index in [1.165, 1.54) is 0 Å². The van der Waals surface area contributed by atoms with Crippen LogP contribution in [0.5, 0.6) is 23.0 Å². The van der Waals surface area contributed by atoms with Gasteiger partial charge in [-0.1, -0.05) is 0 Å². The zero-order chi connectivity index (χ0) is 15.9. The molecule has 0 heterocycles. The van der Waals surface area contributed by atoms with E-state index in [1.54, 1.807) is 58.8 Å². The highest BCUT2D eigenvalue weighted by molar-refractivity contribution is 5.60. The van der Waals surface area contributed by atoms with Crippen LogP contribution < -0.4 is 18.9 Å². The molecule has 22 heavy (non-hydrogen) atoms. The van der Waals surface area contributed by atoms with Crippen molar-refractivity contribution in [1.29, 1.82) is 0 Å². The molecule has 0 atom stereocenters. The Labute approximate surface area is 129 Å². The minimum atomic E-state index is 0.515. The molecule has 2 rings (SSSR count). The monoisotopic (exact) mass is 301 g/mol. The molecule has 0 aliphatic carbocycles. The Morgan fingerprint density at radius 1 is 0.773 bits per heavy atom. The van der Waals surface area contributed by atoms with E-state index in [0.717, 1.165) is 0 Å². The van der Waals surface area contributed by atoms with Crippen LogP contribution >= 0.6 is 0 Å². The van der Waals surface area contributed by atoms with Gasteiger partial charge in [-0.25, -0.2) is 0 Å². The number of nitrogens with zero attached hydrogens (tertiary/aromatic N) is 2. The molecule has 0 saturated heterocycles. The fourth-order valence-corrected chi connectivity index (χ4v) is 1.83. The quantitative estimate of drug-likeness (QED) is 0.758. The van der Waals surface area contributed by atoms with Crippen LogP contribution in [-0.4, -0.2) is 28.4 Å². The van der Waals surface area contributed by atoms with Crippen LogP contribution in [0.1, 0.15) is 0 Å². The lowest BCUT2D eigenvalue weighted by molar-refractivity contribution is 0.324. The van der Waals surface area contributed by atoms with E-state index >= 15 is 0 Å². The van der Waals surface area contributed by atoms with Crippen molar-refractivity contribution in [2.75, 3.05) is 28.4 Å². The van der Waals surface area contributed by atoms with Crippen LogP contribution in [0.25, 0.3) is 0 Å². The lowest BCUT2D eigenvalue weighted by atomic mass is 10.2. The smallest absolute Gasteiger partial charge is 0.203 e. The first-order valence-electron chi connectivity index (χ1n) is 6.49. The first-order chi connectivity index (χ1) is 10.7. The van der Waals surface area contributed by atoms with Crippen LogP contribution in [0.2, 0.25) is 0 Å². The third-order valence-corrected chi connectivity index (χ3v) is 2.92. The number of benzene rings is 2. The van der Waals surface area contributed by atoms with Crippen molar-refractivity contribution in [1.82, 2.24) is 0 Å². The van der Waals surface area contributed by atoms with Crippen LogP contribution in [0.15, 0.2) is 40.6 Å². The fourth-order valence-electron chi connectivity index (χ4n) is 1.83. The highest BCUT2D eigenvalue weighted by Gasteiger charge is 2.12. The summed E-state index contributed by atoms with van der Waals surface area (Å²) in [5.74, 6) is 2.21. The van der Waals surface area contributed by atoms with Gasteiger partial charge in [-0.2, -0.15) is 10.2 Å². The van der Waals surface area contributed by atoms with E-state index < -0.39 is 0 Å². The molecule has 0 bridgehead atoms. The van der Waals surface area contributed by atoms with Gasteiger partial charge in [0.05, 0.1) is 39.8 Å². The Morgan fingerprint density at radius 2 is 1.41 bits per heavy atom. The first kappa shape index (κ1) is 15.6. The van der Waals surface area contributed by atoms with Crippen LogP contribution in [0.4, 0.5) is 11.4 Å². The highest BCUT2D eigenvalue weighted by atomic mass is 16.5. The van der Waals surface area contributed by atoms with Gasteiger partial charge in [0.1, 0.15) is 5.75 Å². The third kappa shape index (κ3) is 3.46. The van der Waals surface area contributed by atoms with E-state index in [1.807, 2.05) is 0 Å². The Hall–Kier alpha value is -2.76. The van der Waals surface area contributed by atoms with Crippen molar-refractivity contribution in [2.24, 2.45) is 10.2 Å². The van der Waals surface area contributed by atoms with Gasteiger partial charge in [-0.05, 0) is 18.2 Å². The second-order valence-corrected chi connectivity index (χ2v) is 4.20. The van der Waals surface area contributed by atoms with Crippen molar-refractivity contribution in [3.05, 3.63) is 36.4 Å². The van der Waals surface area contributed by atoms with Crippen molar-refractivity contribution in [3.63, 3.8) is 0 Å². The van der Waals surface area contributed by atoms with Crippen LogP contribution in [-0.2, 0) is 0 Å².